The largest absolute Gasteiger partial charge is 0.479 e. The number of carbonyl (C=O) groups excluding carboxylic acids is 1. The van der Waals surface area contributed by atoms with E-state index in [-0.39, 0.29) is 24.7 Å². The van der Waals surface area contributed by atoms with Crippen molar-refractivity contribution in [3.05, 3.63) is 42.2 Å². The molecule has 1 fully saturated rings. The lowest BCUT2D eigenvalue weighted by Crippen LogP contribution is -2.40. The zero-order chi connectivity index (χ0) is 18.4. The molecular formula is C18H24N6O2. The number of nitrogens with one attached hydrogen (secondary N) is 2. The second kappa shape index (κ2) is 8.59. The van der Waals surface area contributed by atoms with Gasteiger partial charge in [-0.05, 0) is 43.9 Å². The van der Waals surface area contributed by atoms with Crippen LogP contribution in [-0.4, -0.2) is 34.7 Å². The SMILES string of the molecule is NCOc1cccc(Nc2nccc(C(=O)NC3CCC(N)CC3)n2)c1. The summed E-state index contributed by atoms with van der Waals surface area (Å²) < 4.78 is 5.26. The number of anilines is 2. The summed E-state index contributed by atoms with van der Waals surface area (Å²) in [4.78, 5) is 20.9. The molecule has 138 valence electrons. The van der Waals surface area contributed by atoms with Crippen molar-refractivity contribution in [3.63, 3.8) is 0 Å². The van der Waals surface area contributed by atoms with Crippen LogP contribution < -0.4 is 26.8 Å². The van der Waals surface area contributed by atoms with E-state index in [1.54, 1.807) is 24.4 Å². The van der Waals surface area contributed by atoms with Crippen molar-refractivity contribution in [3.8, 4) is 5.75 Å². The molecule has 0 atom stereocenters. The van der Waals surface area contributed by atoms with E-state index in [9.17, 15) is 4.79 Å². The third-order valence-electron chi connectivity index (χ3n) is 4.34. The first-order valence-electron chi connectivity index (χ1n) is 8.73. The van der Waals surface area contributed by atoms with E-state index in [0.717, 1.165) is 31.4 Å². The van der Waals surface area contributed by atoms with Crippen molar-refractivity contribution in [1.29, 1.82) is 0 Å². The summed E-state index contributed by atoms with van der Waals surface area (Å²) in [6, 6.07) is 9.27. The van der Waals surface area contributed by atoms with Crippen LogP contribution in [0.5, 0.6) is 5.75 Å². The number of carbonyl (C=O) groups is 1. The number of ether oxygens (including phenoxy) is 1. The van der Waals surface area contributed by atoms with Crippen LogP contribution >= 0.6 is 0 Å². The second-order valence-corrected chi connectivity index (χ2v) is 6.31. The van der Waals surface area contributed by atoms with Crippen LogP contribution in [0.4, 0.5) is 11.6 Å². The highest BCUT2D eigenvalue weighted by Gasteiger charge is 2.21. The number of benzene rings is 1. The first-order valence-corrected chi connectivity index (χ1v) is 8.73. The number of nitrogens with zero attached hydrogens (tertiary/aromatic N) is 2. The summed E-state index contributed by atoms with van der Waals surface area (Å²) in [5, 5.41) is 6.09. The third-order valence-corrected chi connectivity index (χ3v) is 4.34. The second-order valence-electron chi connectivity index (χ2n) is 6.31. The van der Waals surface area contributed by atoms with Gasteiger partial charge >= 0.3 is 0 Å². The van der Waals surface area contributed by atoms with Crippen LogP contribution in [0.25, 0.3) is 0 Å². The molecule has 1 saturated carbocycles. The predicted octanol–water partition coefficient (Wildman–Crippen LogP) is 1.51. The first kappa shape index (κ1) is 18.1. The van der Waals surface area contributed by atoms with Crippen LogP contribution in [0.1, 0.15) is 36.2 Å². The fourth-order valence-corrected chi connectivity index (χ4v) is 2.96. The Labute approximate surface area is 152 Å². The minimum Gasteiger partial charge on any atom is -0.479 e. The Balaban J connectivity index is 1.64. The molecule has 1 aliphatic carbocycles. The number of rotatable bonds is 6. The van der Waals surface area contributed by atoms with E-state index in [0.29, 0.717) is 17.4 Å². The fourth-order valence-electron chi connectivity index (χ4n) is 2.96. The lowest BCUT2D eigenvalue weighted by Gasteiger charge is -2.26. The molecule has 26 heavy (non-hydrogen) atoms. The van der Waals surface area contributed by atoms with Crippen LogP contribution in [-0.2, 0) is 0 Å². The van der Waals surface area contributed by atoms with Crippen LogP contribution in [0.3, 0.4) is 0 Å². The Morgan fingerprint density at radius 3 is 2.81 bits per heavy atom. The van der Waals surface area contributed by atoms with Crippen LogP contribution in [0, 0.1) is 0 Å². The van der Waals surface area contributed by atoms with Gasteiger partial charge in [-0.3, -0.25) is 10.5 Å². The smallest absolute Gasteiger partial charge is 0.270 e. The molecule has 0 unspecified atom stereocenters. The highest BCUT2D eigenvalue weighted by molar-refractivity contribution is 5.92. The van der Waals surface area contributed by atoms with Gasteiger partial charge in [-0.25, -0.2) is 9.97 Å². The van der Waals surface area contributed by atoms with E-state index < -0.39 is 0 Å². The molecule has 1 heterocycles. The molecule has 0 radical (unpaired) electrons. The van der Waals surface area contributed by atoms with E-state index >= 15 is 0 Å². The molecule has 2 aromatic rings. The summed E-state index contributed by atoms with van der Waals surface area (Å²) in [7, 11) is 0. The lowest BCUT2D eigenvalue weighted by atomic mass is 9.92. The van der Waals surface area contributed by atoms with Gasteiger partial charge in [0.05, 0.1) is 0 Å². The van der Waals surface area contributed by atoms with Crippen molar-refractivity contribution < 1.29 is 9.53 Å². The number of aromatic nitrogens is 2. The topological polar surface area (TPSA) is 128 Å². The van der Waals surface area contributed by atoms with Crippen molar-refractivity contribution in [2.75, 3.05) is 12.0 Å². The molecule has 1 aliphatic rings. The van der Waals surface area contributed by atoms with E-state index in [4.69, 9.17) is 16.2 Å². The Hall–Kier alpha value is -2.71. The normalized spacial score (nSPS) is 19.6. The van der Waals surface area contributed by atoms with Crippen LogP contribution in [0.2, 0.25) is 0 Å². The van der Waals surface area contributed by atoms with Crippen molar-refractivity contribution in [2.24, 2.45) is 11.5 Å². The van der Waals surface area contributed by atoms with Gasteiger partial charge in [0.15, 0.2) is 0 Å². The summed E-state index contributed by atoms with van der Waals surface area (Å²) >= 11 is 0. The molecule has 1 aromatic carbocycles. The number of hydrogen-bond acceptors (Lipinski definition) is 7. The number of hydrogen-bond donors (Lipinski definition) is 4. The molecule has 6 N–H and O–H groups in total. The molecule has 0 bridgehead atoms. The Morgan fingerprint density at radius 1 is 1.23 bits per heavy atom. The zero-order valence-electron chi connectivity index (χ0n) is 14.5. The molecule has 1 aromatic heterocycles. The van der Waals surface area contributed by atoms with Crippen molar-refractivity contribution in [2.45, 2.75) is 37.8 Å². The number of amides is 1. The van der Waals surface area contributed by atoms with Gasteiger partial charge in [0.25, 0.3) is 5.91 Å². The van der Waals surface area contributed by atoms with Crippen molar-refractivity contribution >= 4 is 17.5 Å². The van der Waals surface area contributed by atoms with Gasteiger partial charge in [-0.15, -0.1) is 0 Å². The Morgan fingerprint density at radius 2 is 2.04 bits per heavy atom. The molecule has 8 nitrogen and oxygen atoms in total. The zero-order valence-corrected chi connectivity index (χ0v) is 14.5. The first-order chi connectivity index (χ1) is 12.6. The van der Waals surface area contributed by atoms with Gasteiger partial charge in [-0.2, -0.15) is 0 Å². The monoisotopic (exact) mass is 356 g/mol. The standard InChI is InChI=1S/C18H24N6O2/c19-11-26-15-3-1-2-14(10-15)23-18-21-9-8-16(24-18)17(25)22-13-6-4-12(20)5-7-13/h1-3,8-10,12-13H,4-7,11,19-20H2,(H,22,25)(H,21,23,24). The predicted molar refractivity (Wildman–Crippen MR) is 99.1 cm³/mol. The van der Waals surface area contributed by atoms with E-state index in [1.807, 2.05) is 12.1 Å². The third kappa shape index (κ3) is 4.90. The van der Waals surface area contributed by atoms with Gasteiger partial charge in [0.2, 0.25) is 5.95 Å². The van der Waals surface area contributed by atoms with Gasteiger partial charge in [0.1, 0.15) is 18.2 Å². The Bertz CT molecular complexity index is 746. The lowest BCUT2D eigenvalue weighted by molar-refractivity contribution is 0.0920. The quantitative estimate of drug-likeness (QED) is 0.578. The molecule has 1 amide bonds. The minimum atomic E-state index is -0.198. The van der Waals surface area contributed by atoms with Gasteiger partial charge in [-0.1, -0.05) is 6.07 Å². The molecular weight excluding hydrogens is 332 g/mol. The molecule has 8 heteroatoms. The highest BCUT2D eigenvalue weighted by atomic mass is 16.5. The average Bonchev–Trinajstić information content (AvgIpc) is 2.64. The number of nitrogens with two attached hydrogens (primary N) is 2. The van der Waals surface area contributed by atoms with E-state index in [2.05, 4.69) is 20.6 Å². The van der Waals surface area contributed by atoms with Crippen molar-refractivity contribution in [1.82, 2.24) is 15.3 Å². The maximum absolute atomic E-state index is 12.4. The molecule has 0 spiro atoms. The summed E-state index contributed by atoms with van der Waals surface area (Å²) in [5.74, 6) is 0.784. The van der Waals surface area contributed by atoms with E-state index in [1.165, 1.54) is 0 Å². The summed E-state index contributed by atoms with van der Waals surface area (Å²) in [5.41, 5.74) is 12.4. The maximum atomic E-state index is 12.4. The minimum absolute atomic E-state index is 0.0989. The van der Waals surface area contributed by atoms with Crippen LogP contribution in [0.15, 0.2) is 36.5 Å². The average molecular weight is 356 g/mol. The molecule has 3 rings (SSSR count). The summed E-state index contributed by atoms with van der Waals surface area (Å²) in [6.45, 7) is 0.0989. The maximum Gasteiger partial charge on any atom is 0.270 e. The highest BCUT2D eigenvalue weighted by Crippen LogP contribution is 2.20. The van der Waals surface area contributed by atoms with Gasteiger partial charge < -0.3 is 21.1 Å². The fraction of sp³-hybridized carbons (Fsp3) is 0.389. The van der Waals surface area contributed by atoms with Gasteiger partial charge in [0, 0.05) is 30.0 Å². The summed E-state index contributed by atoms with van der Waals surface area (Å²) in [6.07, 6.45) is 5.22. The molecule has 0 saturated heterocycles. The Kier molecular flexibility index (Phi) is 5.98. The molecule has 0 aliphatic heterocycles.